The minimum Gasteiger partial charge on any atom is -0.347 e. The van der Waals surface area contributed by atoms with Gasteiger partial charge in [0.2, 0.25) is 17.8 Å². The van der Waals surface area contributed by atoms with E-state index in [0.717, 1.165) is 6.07 Å². The van der Waals surface area contributed by atoms with E-state index in [1.807, 2.05) is 0 Å². The first-order valence-electron chi connectivity index (χ1n) is 4.24. The molecule has 0 aliphatic rings. The molecule has 0 aliphatic carbocycles. The number of amides is 2. The maximum absolute atomic E-state index is 12.4. The lowest BCUT2D eigenvalue weighted by molar-refractivity contribution is -0.122. The molecule has 0 radical (unpaired) electrons. The van der Waals surface area contributed by atoms with Gasteiger partial charge >= 0.3 is 0 Å². The molecule has 2 N–H and O–H groups in total. The molecule has 0 aliphatic heterocycles. The van der Waals surface area contributed by atoms with Gasteiger partial charge in [0.05, 0.1) is 18.4 Å². The number of carbonyl (C=O) groups excluding carboxylic acids is 2. The van der Waals surface area contributed by atoms with E-state index >= 15 is 0 Å². The Balaban J connectivity index is 2.44. The van der Waals surface area contributed by atoms with E-state index in [4.69, 9.17) is 0 Å². The number of rotatable bonds is 3. The Morgan fingerprint density at radius 1 is 1.47 bits per heavy atom. The summed E-state index contributed by atoms with van der Waals surface area (Å²) in [7, 11) is 0. The number of nitrogens with one attached hydrogen (secondary N) is 2. The van der Waals surface area contributed by atoms with Gasteiger partial charge in [0.15, 0.2) is 0 Å². The van der Waals surface area contributed by atoms with Crippen LogP contribution in [-0.2, 0) is 9.59 Å². The molecule has 0 aromatic carbocycles. The molecule has 2 amide bonds. The molecule has 1 aromatic rings. The highest BCUT2D eigenvalue weighted by Gasteiger charge is 2.02. The van der Waals surface area contributed by atoms with Crippen molar-refractivity contribution in [2.24, 2.45) is 0 Å². The third-order valence-electron chi connectivity index (χ3n) is 1.51. The highest BCUT2D eigenvalue weighted by molar-refractivity contribution is 5.94. The molecule has 15 heavy (non-hydrogen) atoms. The molecule has 0 atom stereocenters. The number of hydrogen-bond acceptors (Lipinski definition) is 3. The number of nitrogens with zero attached hydrogens (tertiary/aromatic N) is 1. The van der Waals surface area contributed by atoms with E-state index < -0.39 is 11.9 Å². The average Bonchev–Trinajstić information content (AvgIpc) is 2.19. The van der Waals surface area contributed by atoms with Crippen molar-refractivity contribution in [1.29, 1.82) is 0 Å². The number of hydrogen-bond donors (Lipinski definition) is 2. The van der Waals surface area contributed by atoms with Crippen molar-refractivity contribution in [3.05, 3.63) is 24.3 Å². The van der Waals surface area contributed by atoms with Crippen LogP contribution in [0.3, 0.4) is 0 Å². The van der Waals surface area contributed by atoms with Gasteiger partial charge in [-0.05, 0) is 12.1 Å². The fraction of sp³-hybridized carbons (Fsp3) is 0.222. The number of carbonyl (C=O) groups is 2. The van der Waals surface area contributed by atoms with Crippen LogP contribution in [0.1, 0.15) is 6.92 Å². The second-order valence-corrected chi connectivity index (χ2v) is 2.83. The Morgan fingerprint density at radius 2 is 2.20 bits per heavy atom. The minimum atomic E-state index is -0.616. The second-order valence-electron chi connectivity index (χ2n) is 2.83. The third-order valence-corrected chi connectivity index (χ3v) is 1.51. The first-order chi connectivity index (χ1) is 7.08. The van der Waals surface area contributed by atoms with Crippen molar-refractivity contribution in [2.75, 3.05) is 11.9 Å². The summed E-state index contributed by atoms with van der Waals surface area (Å²) in [6.45, 7) is 1.19. The van der Waals surface area contributed by atoms with E-state index in [9.17, 15) is 14.0 Å². The quantitative estimate of drug-likeness (QED) is 0.706. The Morgan fingerprint density at radius 3 is 2.73 bits per heavy atom. The second kappa shape index (κ2) is 5.04. The summed E-state index contributed by atoms with van der Waals surface area (Å²) < 4.78 is 12.4. The molecular weight excluding hydrogens is 201 g/mol. The predicted molar refractivity (Wildman–Crippen MR) is 51.5 cm³/mol. The lowest BCUT2D eigenvalue weighted by Gasteiger charge is -2.04. The molecule has 6 heteroatoms. The molecule has 1 aromatic heterocycles. The molecule has 5 nitrogen and oxygen atoms in total. The number of aromatic nitrogens is 1. The zero-order valence-corrected chi connectivity index (χ0v) is 8.08. The lowest BCUT2D eigenvalue weighted by Crippen LogP contribution is -2.31. The Bertz CT molecular complexity index is 364. The van der Waals surface area contributed by atoms with Gasteiger partial charge in [0.1, 0.15) is 0 Å². The number of pyridine rings is 1. The van der Waals surface area contributed by atoms with Gasteiger partial charge in [-0.25, -0.2) is 4.98 Å². The minimum absolute atomic E-state index is 0.118. The van der Waals surface area contributed by atoms with Gasteiger partial charge in [0, 0.05) is 6.92 Å². The summed E-state index contributed by atoms with van der Waals surface area (Å²) in [6.07, 6.45) is 1.20. The van der Waals surface area contributed by atoms with Crippen molar-refractivity contribution in [3.8, 4) is 0 Å². The molecule has 0 spiro atoms. The van der Waals surface area contributed by atoms with Crippen molar-refractivity contribution < 1.29 is 14.0 Å². The number of halogens is 1. The molecule has 0 saturated heterocycles. The van der Waals surface area contributed by atoms with Crippen LogP contribution < -0.4 is 10.6 Å². The molecule has 1 heterocycles. The van der Waals surface area contributed by atoms with Crippen LogP contribution in [0.2, 0.25) is 0 Å². The van der Waals surface area contributed by atoms with E-state index in [1.54, 1.807) is 0 Å². The van der Waals surface area contributed by atoms with E-state index in [1.165, 1.54) is 19.2 Å². The van der Waals surface area contributed by atoms with Crippen molar-refractivity contribution in [1.82, 2.24) is 10.3 Å². The van der Waals surface area contributed by atoms with Gasteiger partial charge in [-0.1, -0.05) is 0 Å². The van der Waals surface area contributed by atoms with Crippen LogP contribution in [-0.4, -0.2) is 23.3 Å². The van der Waals surface area contributed by atoms with Crippen LogP contribution in [0.25, 0.3) is 0 Å². The predicted octanol–water partition coefficient (Wildman–Crippen LogP) is 0.295. The monoisotopic (exact) mass is 211 g/mol. The maximum atomic E-state index is 12.4. The van der Waals surface area contributed by atoms with E-state index in [0.29, 0.717) is 5.69 Å². The average molecular weight is 211 g/mol. The fourth-order valence-electron chi connectivity index (χ4n) is 0.860. The summed E-state index contributed by atoms with van der Waals surface area (Å²) in [5.41, 5.74) is 0.381. The van der Waals surface area contributed by atoms with Gasteiger partial charge in [-0.3, -0.25) is 9.59 Å². The van der Waals surface area contributed by atoms with Crippen LogP contribution in [0.4, 0.5) is 10.1 Å². The first kappa shape index (κ1) is 11.1. The maximum Gasteiger partial charge on any atom is 0.243 e. The Labute approximate surface area is 85.7 Å². The summed E-state index contributed by atoms with van der Waals surface area (Å²) in [4.78, 5) is 25.0. The third kappa shape index (κ3) is 4.17. The molecule has 80 valence electrons. The highest BCUT2D eigenvalue weighted by atomic mass is 19.1. The van der Waals surface area contributed by atoms with Crippen LogP contribution in [0, 0.1) is 5.95 Å². The zero-order valence-electron chi connectivity index (χ0n) is 8.08. The van der Waals surface area contributed by atoms with Crippen molar-refractivity contribution in [3.63, 3.8) is 0 Å². The zero-order chi connectivity index (χ0) is 11.3. The van der Waals surface area contributed by atoms with Gasteiger partial charge in [-0.2, -0.15) is 4.39 Å². The van der Waals surface area contributed by atoms with Crippen molar-refractivity contribution in [2.45, 2.75) is 6.92 Å². The van der Waals surface area contributed by atoms with Crippen LogP contribution >= 0.6 is 0 Å². The largest absolute Gasteiger partial charge is 0.347 e. The standard InChI is InChI=1S/C9H10FN3O2/c1-6(14)11-5-9(15)13-7-2-3-8(10)12-4-7/h2-4H,5H2,1H3,(H,11,14)(H,13,15). The number of anilines is 1. The molecule has 0 fully saturated rings. The van der Waals surface area contributed by atoms with Gasteiger partial charge in [-0.15, -0.1) is 0 Å². The van der Waals surface area contributed by atoms with Gasteiger partial charge < -0.3 is 10.6 Å². The summed E-state index contributed by atoms with van der Waals surface area (Å²) in [5, 5.41) is 4.77. The van der Waals surface area contributed by atoms with Crippen LogP contribution in [0.15, 0.2) is 18.3 Å². The lowest BCUT2D eigenvalue weighted by atomic mass is 10.4. The molecule has 0 saturated carbocycles. The normalized spacial score (nSPS) is 9.47. The first-order valence-corrected chi connectivity index (χ1v) is 4.24. The SMILES string of the molecule is CC(=O)NCC(=O)Nc1ccc(F)nc1. The summed E-state index contributed by atoms with van der Waals surface area (Å²) >= 11 is 0. The van der Waals surface area contributed by atoms with Crippen molar-refractivity contribution >= 4 is 17.5 Å². The molecule has 0 bridgehead atoms. The Hall–Kier alpha value is -1.98. The van der Waals surface area contributed by atoms with Crippen LogP contribution in [0.5, 0.6) is 0 Å². The summed E-state index contributed by atoms with van der Waals surface area (Å²) in [5.74, 6) is -1.30. The highest BCUT2D eigenvalue weighted by Crippen LogP contribution is 2.04. The van der Waals surface area contributed by atoms with E-state index in [-0.39, 0.29) is 12.5 Å². The topological polar surface area (TPSA) is 71.1 Å². The Kier molecular flexibility index (Phi) is 3.73. The van der Waals surface area contributed by atoms with Gasteiger partial charge in [0.25, 0.3) is 0 Å². The smallest absolute Gasteiger partial charge is 0.243 e. The fourth-order valence-corrected chi connectivity index (χ4v) is 0.860. The molecule has 0 unspecified atom stereocenters. The van der Waals surface area contributed by atoms with E-state index in [2.05, 4.69) is 15.6 Å². The molecule has 1 rings (SSSR count). The summed E-state index contributed by atoms with van der Waals surface area (Å²) in [6, 6.07) is 2.52. The molecular formula is C9H10FN3O2.